The van der Waals surface area contributed by atoms with Crippen LogP contribution in [-0.2, 0) is 16.0 Å². The number of rotatable bonds is 4. The molecule has 0 saturated carbocycles. The molecule has 0 saturated heterocycles. The summed E-state index contributed by atoms with van der Waals surface area (Å²) in [5.41, 5.74) is 1.47. The zero-order valence-corrected chi connectivity index (χ0v) is 10.8. The Morgan fingerprint density at radius 3 is 2.65 bits per heavy atom. The maximum Gasteiger partial charge on any atom is 0.363 e. The van der Waals surface area contributed by atoms with Gasteiger partial charge in [-0.3, -0.25) is 0 Å². The van der Waals surface area contributed by atoms with E-state index in [9.17, 15) is 4.79 Å². The van der Waals surface area contributed by atoms with Crippen LogP contribution in [0.2, 0.25) is 0 Å². The third-order valence-electron chi connectivity index (χ3n) is 2.96. The van der Waals surface area contributed by atoms with Gasteiger partial charge in [0.15, 0.2) is 11.6 Å². The molecule has 20 heavy (non-hydrogen) atoms. The van der Waals surface area contributed by atoms with E-state index in [1.54, 1.807) is 24.5 Å². The first kappa shape index (κ1) is 12.4. The SMILES string of the molecule is O=C1OC(CCc2ccccc2)=N/C1=C/c1ccco1. The first-order valence-corrected chi connectivity index (χ1v) is 6.40. The van der Waals surface area contributed by atoms with E-state index >= 15 is 0 Å². The van der Waals surface area contributed by atoms with E-state index in [0.29, 0.717) is 18.1 Å². The van der Waals surface area contributed by atoms with Crippen molar-refractivity contribution in [3.8, 4) is 0 Å². The van der Waals surface area contributed by atoms with Crippen LogP contribution in [0.3, 0.4) is 0 Å². The highest BCUT2D eigenvalue weighted by Gasteiger charge is 2.22. The maximum absolute atomic E-state index is 11.7. The van der Waals surface area contributed by atoms with Crippen LogP contribution in [0.4, 0.5) is 0 Å². The summed E-state index contributed by atoms with van der Waals surface area (Å²) >= 11 is 0. The molecule has 3 rings (SSSR count). The number of hydrogen-bond acceptors (Lipinski definition) is 4. The number of carbonyl (C=O) groups excluding carboxylic acids is 1. The Labute approximate surface area is 116 Å². The maximum atomic E-state index is 11.7. The van der Waals surface area contributed by atoms with Gasteiger partial charge in [-0.15, -0.1) is 0 Å². The molecule has 0 spiro atoms. The topological polar surface area (TPSA) is 51.8 Å². The molecule has 100 valence electrons. The first-order chi connectivity index (χ1) is 9.81. The van der Waals surface area contributed by atoms with Crippen LogP contribution >= 0.6 is 0 Å². The molecule has 2 aromatic rings. The third kappa shape index (κ3) is 2.85. The zero-order chi connectivity index (χ0) is 13.8. The molecule has 1 aliphatic heterocycles. The van der Waals surface area contributed by atoms with E-state index in [4.69, 9.17) is 9.15 Å². The smallest absolute Gasteiger partial charge is 0.363 e. The minimum Gasteiger partial charge on any atom is -0.465 e. The van der Waals surface area contributed by atoms with Crippen LogP contribution in [-0.4, -0.2) is 11.9 Å². The third-order valence-corrected chi connectivity index (χ3v) is 2.96. The molecule has 1 aliphatic rings. The number of aryl methyl sites for hydroxylation is 1. The lowest BCUT2D eigenvalue weighted by molar-refractivity contribution is -0.130. The normalized spacial score (nSPS) is 16.3. The second-order valence-corrected chi connectivity index (χ2v) is 4.43. The second-order valence-electron chi connectivity index (χ2n) is 4.43. The highest BCUT2D eigenvalue weighted by Crippen LogP contribution is 2.18. The summed E-state index contributed by atoms with van der Waals surface area (Å²) in [5, 5.41) is 0. The number of hydrogen-bond donors (Lipinski definition) is 0. The molecule has 0 unspecified atom stereocenters. The van der Waals surface area contributed by atoms with Gasteiger partial charge in [-0.2, -0.15) is 0 Å². The van der Waals surface area contributed by atoms with Crippen molar-refractivity contribution in [3.05, 3.63) is 65.7 Å². The summed E-state index contributed by atoms with van der Waals surface area (Å²) in [7, 11) is 0. The predicted octanol–water partition coefficient (Wildman–Crippen LogP) is 3.21. The largest absolute Gasteiger partial charge is 0.465 e. The molecule has 0 atom stereocenters. The van der Waals surface area contributed by atoms with Gasteiger partial charge in [0.1, 0.15) is 5.76 Å². The molecule has 0 bridgehead atoms. The van der Waals surface area contributed by atoms with E-state index in [-0.39, 0.29) is 5.70 Å². The van der Waals surface area contributed by atoms with Crippen LogP contribution in [0.5, 0.6) is 0 Å². The van der Waals surface area contributed by atoms with Crippen molar-refractivity contribution in [1.82, 2.24) is 0 Å². The number of cyclic esters (lactones) is 1. The molecule has 4 heteroatoms. The van der Waals surface area contributed by atoms with Gasteiger partial charge in [0.2, 0.25) is 0 Å². The van der Waals surface area contributed by atoms with Crippen molar-refractivity contribution in [1.29, 1.82) is 0 Å². The summed E-state index contributed by atoms with van der Waals surface area (Å²) in [5.74, 6) is 0.617. The number of nitrogens with zero attached hydrogens (tertiary/aromatic N) is 1. The molecule has 4 nitrogen and oxygen atoms in total. The molecule has 1 aromatic carbocycles. The fourth-order valence-corrected chi connectivity index (χ4v) is 1.96. The Morgan fingerprint density at radius 1 is 1.05 bits per heavy atom. The fourth-order valence-electron chi connectivity index (χ4n) is 1.96. The number of ether oxygens (including phenoxy) is 1. The van der Waals surface area contributed by atoms with Gasteiger partial charge in [-0.05, 0) is 24.1 Å². The fraction of sp³-hybridized carbons (Fsp3) is 0.125. The molecule has 0 radical (unpaired) electrons. The van der Waals surface area contributed by atoms with Crippen LogP contribution in [0.25, 0.3) is 6.08 Å². The Hall–Kier alpha value is -2.62. The van der Waals surface area contributed by atoms with Gasteiger partial charge >= 0.3 is 5.97 Å². The van der Waals surface area contributed by atoms with Crippen LogP contribution in [0.1, 0.15) is 17.7 Å². The molecule has 1 aromatic heterocycles. The summed E-state index contributed by atoms with van der Waals surface area (Å²) in [6.45, 7) is 0. The number of benzene rings is 1. The Kier molecular flexibility index (Phi) is 3.46. The molecular weight excluding hydrogens is 254 g/mol. The van der Waals surface area contributed by atoms with Gasteiger partial charge in [0.25, 0.3) is 0 Å². The van der Waals surface area contributed by atoms with Crippen molar-refractivity contribution in [2.75, 3.05) is 0 Å². The number of carbonyl (C=O) groups is 1. The standard InChI is InChI=1S/C16H13NO3/c18-16-14(11-13-7-4-10-19-13)17-15(20-16)9-8-12-5-2-1-3-6-12/h1-7,10-11H,8-9H2/b14-11+. The van der Waals surface area contributed by atoms with Crippen LogP contribution < -0.4 is 0 Å². The minimum absolute atomic E-state index is 0.281. The molecule has 2 heterocycles. The summed E-state index contributed by atoms with van der Waals surface area (Å²) < 4.78 is 10.3. The van der Waals surface area contributed by atoms with Crippen molar-refractivity contribution in [2.24, 2.45) is 4.99 Å². The summed E-state index contributed by atoms with van der Waals surface area (Å²) in [6, 6.07) is 13.5. The quantitative estimate of drug-likeness (QED) is 0.631. The average Bonchev–Trinajstić information content (AvgIpc) is 3.09. The molecule has 0 N–H and O–H groups in total. The first-order valence-electron chi connectivity index (χ1n) is 6.40. The van der Waals surface area contributed by atoms with Gasteiger partial charge in [-0.1, -0.05) is 30.3 Å². The molecule has 0 aliphatic carbocycles. The minimum atomic E-state index is -0.426. The summed E-state index contributed by atoms with van der Waals surface area (Å²) in [6.07, 6.45) is 4.52. The Bertz CT molecular complexity index is 654. The van der Waals surface area contributed by atoms with Gasteiger partial charge in [-0.25, -0.2) is 9.79 Å². The van der Waals surface area contributed by atoms with Crippen LogP contribution in [0.15, 0.2) is 63.8 Å². The van der Waals surface area contributed by atoms with Gasteiger partial charge < -0.3 is 9.15 Å². The van der Waals surface area contributed by atoms with Crippen molar-refractivity contribution in [2.45, 2.75) is 12.8 Å². The zero-order valence-electron chi connectivity index (χ0n) is 10.8. The van der Waals surface area contributed by atoms with Gasteiger partial charge in [0.05, 0.1) is 6.26 Å². The van der Waals surface area contributed by atoms with E-state index in [1.165, 1.54) is 5.56 Å². The van der Waals surface area contributed by atoms with E-state index in [0.717, 1.165) is 6.42 Å². The monoisotopic (exact) mass is 267 g/mol. The summed E-state index contributed by atoms with van der Waals surface area (Å²) in [4.78, 5) is 15.9. The number of esters is 1. The van der Waals surface area contributed by atoms with Crippen molar-refractivity contribution >= 4 is 17.9 Å². The van der Waals surface area contributed by atoms with E-state index < -0.39 is 5.97 Å². The molecule has 0 fully saturated rings. The van der Waals surface area contributed by atoms with Gasteiger partial charge in [0, 0.05) is 12.5 Å². The Morgan fingerprint density at radius 2 is 1.90 bits per heavy atom. The second kappa shape index (κ2) is 5.57. The number of aliphatic imine (C=N–C) groups is 1. The molecule has 0 amide bonds. The number of furan rings is 1. The lowest BCUT2D eigenvalue weighted by atomic mass is 10.1. The lowest BCUT2D eigenvalue weighted by Gasteiger charge is -1.99. The average molecular weight is 267 g/mol. The van der Waals surface area contributed by atoms with E-state index in [2.05, 4.69) is 4.99 Å². The van der Waals surface area contributed by atoms with E-state index in [1.807, 2.05) is 30.3 Å². The van der Waals surface area contributed by atoms with Crippen LogP contribution in [0, 0.1) is 0 Å². The lowest BCUT2D eigenvalue weighted by Crippen LogP contribution is -2.05. The Balaban J connectivity index is 1.68. The highest BCUT2D eigenvalue weighted by molar-refractivity contribution is 6.07. The highest BCUT2D eigenvalue weighted by atomic mass is 16.6. The molecular formula is C16H13NO3. The van der Waals surface area contributed by atoms with Crippen molar-refractivity contribution < 1.29 is 13.9 Å². The predicted molar refractivity (Wildman–Crippen MR) is 75.0 cm³/mol. The van der Waals surface area contributed by atoms with Crippen molar-refractivity contribution in [3.63, 3.8) is 0 Å².